The molecule has 2 nitrogen and oxygen atoms in total. The van der Waals surface area contributed by atoms with Gasteiger partial charge in [0.15, 0.2) is 0 Å². The maximum atomic E-state index is 6.08. The standard InChI is InChI=1S/C14H14ClNO/c1-17-14-5-4-12(10-13(14)15)3-2-11-6-8-16-9-7-11/h4-10H,2-3H2,1H3. The molecule has 0 saturated carbocycles. The third-order valence-electron chi connectivity index (χ3n) is 2.67. The summed E-state index contributed by atoms with van der Waals surface area (Å²) in [4.78, 5) is 4.00. The molecule has 0 N–H and O–H groups in total. The van der Waals surface area contributed by atoms with Gasteiger partial charge in [-0.3, -0.25) is 4.98 Å². The second-order valence-corrected chi connectivity index (χ2v) is 4.23. The van der Waals surface area contributed by atoms with Gasteiger partial charge in [0, 0.05) is 12.4 Å². The molecular formula is C14H14ClNO. The van der Waals surface area contributed by atoms with Crippen LogP contribution in [0.4, 0.5) is 0 Å². The van der Waals surface area contributed by atoms with Crippen LogP contribution < -0.4 is 4.74 Å². The maximum absolute atomic E-state index is 6.08. The Bertz CT molecular complexity index is 485. The highest BCUT2D eigenvalue weighted by Crippen LogP contribution is 2.25. The smallest absolute Gasteiger partial charge is 0.137 e. The molecular weight excluding hydrogens is 234 g/mol. The fourth-order valence-electron chi connectivity index (χ4n) is 1.70. The number of benzene rings is 1. The molecule has 1 aromatic carbocycles. The van der Waals surface area contributed by atoms with E-state index in [1.165, 1.54) is 11.1 Å². The quantitative estimate of drug-likeness (QED) is 0.825. The molecule has 0 fully saturated rings. The highest BCUT2D eigenvalue weighted by atomic mass is 35.5. The summed E-state index contributed by atoms with van der Waals surface area (Å²) in [6.07, 6.45) is 5.59. The lowest BCUT2D eigenvalue weighted by Crippen LogP contribution is -1.92. The van der Waals surface area contributed by atoms with E-state index in [1.807, 2.05) is 42.7 Å². The molecule has 2 rings (SSSR count). The van der Waals surface area contributed by atoms with Gasteiger partial charge in [0.05, 0.1) is 12.1 Å². The summed E-state index contributed by atoms with van der Waals surface area (Å²) < 4.78 is 5.12. The summed E-state index contributed by atoms with van der Waals surface area (Å²) in [7, 11) is 1.62. The lowest BCUT2D eigenvalue weighted by molar-refractivity contribution is 0.415. The second-order valence-electron chi connectivity index (χ2n) is 3.82. The number of hydrogen-bond donors (Lipinski definition) is 0. The van der Waals surface area contributed by atoms with E-state index >= 15 is 0 Å². The molecule has 2 aromatic rings. The van der Waals surface area contributed by atoms with Gasteiger partial charge in [-0.15, -0.1) is 0 Å². The molecule has 0 aliphatic heterocycles. The average Bonchev–Trinajstić information content (AvgIpc) is 2.38. The van der Waals surface area contributed by atoms with Crippen molar-refractivity contribution >= 4 is 11.6 Å². The van der Waals surface area contributed by atoms with Crippen molar-refractivity contribution in [2.45, 2.75) is 12.8 Å². The summed E-state index contributed by atoms with van der Waals surface area (Å²) in [5.74, 6) is 0.722. The molecule has 0 unspecified atom stereocenters. The summed E-state index contributed by atoms with van der Waals surface area (Å²) in [5.41, 5.74) is 2.50. The molecule has 88 valence electrons. The predicted octanol–water partition coefficient (Wildman–Crippen LogP) is 3.53. The van der Waals surface area contributed by atoms with E-state index in [9.17, 15) is 0 Å². The molecule has 0 aliphatic rings. The van der Waals surface area contributed by atoms with Crippen molar-refractivity contribution in [3.05, 3.63) is 58.9 Å². The van der Waals surface area contributed by atoms with Gasteiger partial charge in [-0.2, -0.15) is 0 Å². The first-order chi connectivity index (χ1) is 8.29. The molecule has 0 saturated heterocycles. The average molecular weight is 248 g/mol. The van der Waals surface area contributed by atoms with Crippen LogP contribution in [-0.2, 0) is 12.8 Å². The fraction of sp³-hybridized carbons (Fsp3) is 0.214. The van der Waals surface area contributed by atoms with E-state index in [4.69, 9.17) is 16.3 Å². The second kappa shape index (κ2) is 5.69. The Morgan fingerprint density at radius 2 is 1.76 bits per heavy atom. The molecule has 0 amide bonds. The third kappa shape index (κ3) is 3.21. The minimum absolute atomic E-state index is 0.666. The first kappa shape index (κ1) is 11.9. The molecule has 1 aromatic heterocycles. The van der Waals surface area contributed by atoms with Crippen molar-refractivity contribution in [2.24, 2.45) is 0 Å². The Labute approximate surface area is 106 Å². The molecule has 1 heterocycles. The SMILES string of the molecule is COc1ccc(CCc2ccncc2)cc1Cl. The van der Waals surface area contributed by atoms with Crippen LogP contribution in [0.2, 0.25) is 5.02 Å². The van der Waals surface area contributed by atoms with Gasteiger partial charge in [-0.05, 0) is 48.2 Å². The zero-order valence-corrected chi connectivity index (χ0v) is 10.4. The van der Waals surface area contributed by atoms with E-state index in [0.29, 0.717) is 5.02 Å². The van der Waals surface area contributed by atoms with E-state index in [-0.39, 0.29) is 0 Å². The van der Waals surface area contributed by atoms with Gasteiger partial charge in [-0.25, -0.2) is 0 Å². The van der Waals surface area contributed by atoms with E-state index < -0.39 is 0 Å². The number of nitrogens with zero attached hydrogens (tertiary/aromatic N) is 1. The molecule has 0 bridgehead atoms. The lowest BCUT2D eigenvalue weighted by atomic mass is 10.1. The van der Waals surface area contributed by atoms with Crippen LogP contribution in [0.3, 0.4) is 0 Å². The number of hydrogen-bond acceptors (Lipinski definition) is 2. The van der Waals surface area contributed by atoms with Gasteiger partial charge in [0.1, 0.15) is 5.75 Å². The monoisotopic (exact) mass is 247 g/mol. The van der Waals surface area contributed by atoms with Crippen LogP contribution in [0.25, 0.3) is 0 Å². The summed E-state index contributed by atoms with van der Waals surface area (Å²) in [5, 5.41) is 0.666. The third-order valence-corrected chi connectivity index (χ3v) is 2.96. The normalized spacial score (nSPS) is 10.2. The van der Waals surface area contributed by atoms with Crippen molar-refractivity contribution in [2.75, 3.05) is 7.11 Å². The van der Waals surface area contributed by atoms with Crippen molar-refractivity contribution < 1.29 is 4.74 Å². The number of ether oxygens (including phenoxy) is 1. The lowest BCUT2D eigenvalue weighted by Gasteiger charge is -2.06. The molecule has 0 aliphatic carbocycles. The zero-order valence-electron chi connectivity index (χ0n) is 9.69. The number of aromatic nitrogens is 1. The van der Waals surface area contributed by atoms with Crippen LogP contribution in [-0.4, -0.2) is 12.1 Å². The minimum Gasteiger partial charge on any atom is -0.495 e. The van der Waals surface area contributed by atoms with Crippen LogP contribution in [0.5, 0.6) is 5.75 Å². The number of aryl methyl sites for hydroxylation is 2. The van der Waals surface area contributed by atoms with Crippen molar-refractivity contribution in [3.8, 4) is 5.75 Å². The van der Waals surface area contributed by atoms with Crippen LogP contribution in [0, 0.1) is 0 Å². The molecule has 17 heavy (non-hydrogen) atoms. The first-order valence-electron chi connectivity index (χ1n) is 5.51. The highest BCUT2D eigenvalue weighted by molar-refractivity contribution is 6.32. The summed E-state index contributed by atoms with van der Waals surface area (Å²) in [6, 6.07) is 9.98. The van der Waals surface area contributed by atoms with Gasteiger partial charge >= 0.3 is 0 Å². The molecule has 0 spiro atoms. The summed E-state index contributed by atoms with van der Waals surface area (Å²) >= 11 is 6.08. The van der Waals surface area contributed by atoms with Gasteiger partial charge in [0.2, 0.25) is 0 Å². The molecule has 3 heteroatoms. The van der Waals surface area contributed by atoms with Crippen molar-refractivity contribution in [1.82, 2.24) is 4.98 Å². The Kier molecular flexibility index (Phi) is 3.99. The van der Waals surface area contributed by atoms with Crippen LogP contribution in [0.1, 0.15) is 11.1 Å². The Morgan fingerprint density at radius 3 is 2.41 bits per heavy atom. The first-order valence-corrected chi connectivity index (χ1v) is 5.88. The molecule has 0 atom stereocenters. The van der Waals surface area contributed by atoms with E-state index in [0.717, 1.165) is 18.6 Å². The largest absolute Gasteiger partial charge is 0.495 e. The zero-order chi connectivity index (χ0) is 12.1. The maximum Gasteiger partial charge on any atom is 0.137 e. The Balaban J connectivity index is 2.02. The van der Waals surface area contributed by atoms with Gasteiger partial charge in [-0.1, -0.05) is 17.7 Å². The van der Waals surface area contributed by atoms with E-state index in [1.54, 1.807) is 7.11 Å². The van der Waals surface area contributed by atoms with Crippen LogP contribution in [0.15, 0.2) is 42.7 Å². The Hall–Kier alpha value is -1.54. The Morgan fingerprint density at radius 1 is 1.06 bits per heavy atom. The van der Waals surface area contributed by atoms with Crippen molar-refractivity contribution in [1.29, 1.82) is 0 Å². The number of methoxy groups -OCH3 is 1. The van der Waals surface area contributed by atoms with E-state index in [2.05, 4.69) is 4.98 Å². The van der Waals surface area contributed by atoms with Crippen LogP contribution >= 0.6 is 11.6 Å². The number of rotatable bonds is 4. The fourth-order valence-corrected chi connectivity index (χ4v) is 1.98. The summed E-state index contributed by atoms with van der Waals surface area (Å²) in [6.45, 7) is 0. The van der Waals surface area contributed by atoms with Gasteiger partial charge < -0.3 is 4.74 Å². The highest BCUT2D eigenvalue weighted by Gasteiger charge is 2.02. The van der Waals surface area contributed by atoms with Crippen molar-refractivity contribution in [3.63, 3.8) is 0 Å². The predicted molar refractivity (Wildman–Crippen MR) is 69.6 cm³/mol. The minimum atomic E-state index is 0.666. The molecule has 0 radical (unpaired) electrons. The number of pyridine rings is 1. The van der Waals surface area contributed by atoms with Gasteiger partial charge in [0.25, 0.3) is 0 Å². The number of halogens is 1. The topological polar surface area (TPSA) is 22.1 Å².